The van der Waals surface area contributed by atoms with Gasteiger partial charge in [0, 0.05) is 17.9 Å². The van der Waals surface area contributed by atoms with Crippen molar-refractivity contribution in [2.45, 2.75) is 60.3 Å². The molecule has 0 spiro atoms. The van der Waals surface area contributed by atoms with Crippen LogP contribution in [0.1, 0.15) is 44.5 Å². The maximum absolute atomic E-state index is 12.9. The number of hydrogen-bond donors (Lipinski definition) is 2. The lowest BCUT2D eigenvalue weighted by molar-refractivity contribution is -0.337. The number of fused-ring (bicyclic) bond motifs is 2. The van der Waals surface area contributed by atoms with Crippen LogP contribution in [0.2, 0.25) is 0 Å². The second kappa shape index (κ2) is 12.8. The molecule has 0 amide bonds. The monoisotopic (exact) mass is 820 g/mol. The van der Waals surface area contributed by atoms with Crippen LogP contribution in [-0.4, -0.2) is 34.5 Å². The van der Waals surface area contributed by atoms with Gasteiger partial charge in [0.05, 0.1) is 0 Å². The summed E-state index contributed by atoms with van der Waals surface area (Å²) in [6.45, 7) is 0. The van der Waals surface area contributed by atoms with Gasteiger partial charge in [-0.05, 0) is 136 Å². The molecule has 2 aliphatic carbocycles. The van der Waals surface area contributed by atoms with Crippen molar-refractivity contribution >= 4 is 75.7 Å². The fraction of sp³-hybridized carbons (Fsp3) is 0.440. The second-order valence-corrected chi connectivity index (χ2v) is 12.0. The highest BCUT2D eigenvalue weighted by Crippen LogP contribution is 2.58. The SMILES string of the molecule is C.C.C.FC(F)(F)C1(C(F)(F)F)Cc2cc(Br)c(Br)cc2C1.O=C(O)C1(C(=O)O)Cc2cc(Br)c(Br)cc2C1. The van der Waals surface area contributed by atoms with E-state index in [9.17, 15) is 35.9 Å². The lowest BCUT2D eigenvalue weighted by atomic mass is 9.83. The summed E-state index contributed by atoms with van der Waals surface area (Å²) in [7, 11) is 0. The molecule has 14 heteroatoms. The molecule has 220 valence electrons. The summed E-state index contributed by atoms with van der Waals surface area (Å²) >= 11 is 12.8. The van der Waals surface area contributed by atoms with E-state index in [0.717, 1.165) is 20.1 Å². The highest BCUT2D eigenvalue weighted by molar-refractivity contribution is 9.13. The molecule has 0 saturated heterocycles. The lowest BCUT2D eigenvalue weighted by Gasteiger charge is -2.33. The topological polar surface area (TPSA) is 74.6 Å². The normalized spacial score (nSPS) is 16.3. The molecule has 4 rings (SSSR count). The van der Waals surface area contributed by atoms with Gasteiger partial charge in [0.1, 0.15) is 0 Å². The number of rotatable bonds is 2. The van der Waals surface area contributed by atoms with Crippen molar-refractivity contribution in [2.24, 2.45) is 10.8 Å². The first-order valence-electron chi connectivity index (χ1n) is 9.88. The highest BCUT2D eigenvalue weighted by Gasteiger charge is 2.72. The quantitative estimate of drug-likeness (QED) is 0.234. The molecule has 2 aromatic carbocycles. The molecule has 2 aliphatic rings. The first kappa shape index (κ1) is 37.9. The number of benzene rings is 2. The van der Waals surface area contributed by atoms with Crippen LogP contribution in [-0.2, 0) is 35.3 Å². The zero-order valence-electron chi connectivity index (χ0n) is 17.6. The van der Waals surface area contributed by atoms with Gasteiger partial charge >= 0.3 is 24.3 Å². The molecule has 2 aromatic rings. The number of hydrogen-bond acceptors (Lipinski definition) is 2. The minimum Gasteiger partial charge on any atom is -0.480 e. The average molecular weight is 824 g/mol. The van der Waals surface area contributed by atoms with E-state index in [2.05, 4.69) is 63.7 Å². The number of halogens is 10. The smallest absolute Gasteiger partial charge is 0.403 e. The standard InChI is InChI=1S/C11H6Br2F6.C11H8Br2O4.3CH4/c12-7-1-5-3-9(10(14,15)16,11(17,18)19)4-6(5)2-8(7)13;12-7-1-5-3-11(9(14)15,10(16)17)4-6(5)2-8(7)13;;;/h1-2H,3-4H2;1-2H,3-4H2,(H,14,15)(H,16,17);3*1H4. The Kier molecular flexibility index (Phi) is 12.4. The molecule has 0 bridgehead atoms. The predicted molar refractivity (Wildman–Crippen MR) is 151 cm³/mol. The van der Waals surface area contributed by atoms with Gasteiger partial charge < -0.3 is 10.2 Å². The van der Waals surface area contributed by atoms with Crippen LogP contribution in [0.15, 0.2) is 42.2 Å². The van der Waals surface area contributed by atoms with Crippen LogP contribution in [0.5, 0.6) is 0 Å². The minimum atomic E-state index is -5.33. The Morgan fingerprint density at radius 2 is 0.821 bits per heavy atom. The number of aliphatic carboxylic acids is 2. The first-order valence-corrected chi connectivity index (χ1v) is 13.1. The molecule has 4 nitrogen and oxygen atoms in total. The summed E-state index contributed by atoms with van der Waals surface area (Å²) in [6.07, 6.45) is -12.7. The van der Waals surface area contributed by atoms with Crippen molar-refractivity contribution in [3.63, 3.8) is 0 Å². The van der Waals surface area contributed by atoms with Crippen molar-refractivity contribution < 1.29 is 46.1 Å². The molecule has 0 unspecified atom stereocenters. The van der Waals surface area contributed by atoms with Crippen molar-refractivity contribution in [2.75, 3.05) is 0 Å². The molecule has 2 N–H and O–H groups in total. The van der Waals surface area contributed by atoms with Crippen molar-refractivity contribution in [3.8, 4) is 0 Å². The third-order valence-corrected chi connectivity index (χ3v) is 10.0. The van der Waals surface area contributed by atoms with Gasteiger partial charge in [-0.25, -0.2) is 0 Å². The van der Waals surface area contributed by atoms with Gasteiger partial charge in [0.15, 0.2) is 10.8 Å². The number of carboxylic acid groups (broad SMARTS) is 2. The van der Waals surface area contributed by atoms with Crippen molar-refractivity contribution in [3.05, 3.63) is 64.4 Å². The van der Waals surface area contributed by atoms with E-state index in [0.29, 0.717) is 8.95 Å². The van der Waals surface area contributed by atoms with Gasteiger partial charge in [-0.3, -0.25) is 9.59 Å². The first-order chi connectivity index (χ1) is 16.3. The van der Waals surface area contributed by atoms with E-state index >= 15 is 0 Å². The Bertz CT molecular complexity index is 1150. The molecule has 0 atom stereocenters. The van der Waals surface area contributed by atoms with Crippen LogP contribution >= 0.6 is 63.7 Å². The van der Waals surface area contributed by atoms with Crippen LogP contribution in [0.4, 0.5) is 26.3 Å². The van der Waals surface area contributed by atoms with E-state index in [1.165, 1.54) is 12.1 Å². The summed E-state index contributed by atoms with van der Waals surface area (Å²) in [5.41, 5.74) is -3.71. The molecular formula is C25H26Br4F6O4. The number of carboxylic acids is 2. The summed E-state index contributed by atoms with van der Waals surface area (Å²) in [5, 5.41) is 18.3. The average Bonchev–Trinajstić information content (AvgIpc) is 3.29. The molecule has 0 saturated carbocycles. The lowest BCUT2D eigenvalue weighted by Crippen LogP contribution is -2.50. The molecule has 0 heterocycles. The Hall–Kier alpha value is -1.12. The van der Waals surface area contributed by atoms with Crippen LogP contribution in [0.3, 0.4) is 0 Å². The van der Waals surface area contributed by atoms with Gasteiger partial charge in [0.2, 0.25) is 0 Å². The maximum Gasteiger partial charge on any atom is 0.403 e. The van der Waals surface area contributed by atoms with E-state index in [1.807, 2.05) is 0 Å². The Morgan fingerprint density at radius 3 is 1.03 bits per heavy atom. The van der Waals surface area contributed by atoms with Gasteiger partial charge in [0.25, 0.3) is 0 Å². The fourth-order valence-corrected chi connectivity index (χ4v) is 5.86. The van der Waals surface area contributed by atoms with Gasteiger partial charge in [-0.2, -0.15) is 26.3 Å². The molecule has 0 aliphatic heterocycles. The zero-order valence-corrected chi connectivity index (χ0v) is 24.0. The van der Waals surface area contributed by atoms with Crippen molar-refractivity contribution in [1.82, 2.24) is 0 Å². The maximum atomic E-state index is 12.9. The largest absolute Gasteiger partial charge is 0.480 e. The summed E-state index contributed by atoms with van der Waals surface area (Å²) in [6, 6.07) is 6.15. The molecule has 0 radical (unpaired) electrons. The highest BCUT2D eigenvalue weighted by atomic mass is 79.9. The summed E-state index contributed by atoms with van der Waals surface area (Å²) in [5.74, 6) is -2.57. The molecule has 39 heavy (non-hydrogen) atoms. The van der Waals surface area contributed by atoms with Crippen LogP contribution in [0.25, 0.3) is 0 Å². The third kappa shape index (κ3) is 6.86. The molecular weight excluding hydrogens is 798 g/mol. The second-order valence-electron chi connectivity index (χ2n) is 8.55. The van der Waals surface area contributed by atoms with Crippen LogP contribution < -0.4 is 0 Å². The Balaban J connectivity index is 0.000000691. The van der Waals surface area contributed by atoms with E-state index in [1.54, 1.807) is 12.1 Å². The minimum absolute atomic E-state index is 0. The fourth-order valence-electron chi connectivity index (χ4n) is 4.30. The van der Waals surface area contributed by atoms with Crippen molar-refractivity contribution in [1.29, 1.82) is 0 Å². The van der Waals surface area contributed by atoms with Crippen LogP contribution in [0, 0.1) is 10.8 Å². The van der Waals surface area contributed by atoms with E-state index in [-0.39, 0.29) is 46.2 Å². The molecule has 0 fully saturated rings. The third-order valence-electron chi connectivity index (χ3n) is 6.36. The van der Waals surface area contributed by atoms with Gasteiger partial charge in [-0.1, -0.05) is 22.3 Å². The zero-order chi connectivity index (χ0) is 27.4. The summed E-state index contributed by atoms with van der Waals surface area (Å²) in [4.78, 5) is 22.4. The Morgan fingerprint density at radius 1 is 0.590 bits per heavy atom. The number of alkyl halides is 6. The predicted octanol–water partition coefficient (Wildman–Crippen LogP) is 9.80. The van der Waals surface area contributed by atoms with Gasteiger partial charge in [-0.15, -0.1) is 0 Å². The summed E-state index contributed by atoms with van der Waals surface area (Å²) < 4.78 is 80.1. The molecule has 0 aromatic heterocycles. The van der Waals surface area contributed by atoms with E-state index in [4.69, 9.17) is 10.2 Å². The Labute approximate surface area is 256 Å². The van der Waals surface area contributed by atoms with E-state index < -0.39 is 48.0 Å². The number of carbonyl (C=O) groups is 2.